The van der Waals surface area contributed by atoms with Crippen LogP contribution in [0.4, 0.5) is 0 Å². The van der Waals surface area contributed by atoms with Crippen molar-refractivity contribution in [2.24, 2.45) is 16.7 Å². The second kappa shape index (κ2) is 6.66. The first kappa shape index (κ1) is 16.8. The van der Waals surface area contributed by atoms with Gasteiger partial charge in [0.25, 0.3) is 0 Å². The second-order valence-electron chi connectivity index (χ2n) is 7.18. The number of hydrogen-bond acceptors (Lipinski definition) is 0. The van der Waals surface area contributed by atoms with Crippen LogP contribution in [0.15, 0.2) is 0 Å². The molecule has 0 amide bonds. The topological polar surface area (TPSA) is 0 Å². The lowest BCUT2D eigenvalue weighted by Gasteiger charge is -2.34. The highest BCUT2D eigenvalue weighted by Gasteiger charge is 2.27. The van der Waals surface area contributed by atoms with E-state index in [2.05, 4.69) is 41.5 Å². The molecule has 1 atom stereocenters. The van der Waals surface area contributed by atoms with Gasteiger partial charge in [-0.2, -0.15) is 0 Å². The molecule has 0 fully saturated rings. The number of halogens is 2. The lowest BCUT2D eigenvalue weighted by atomic mass is 9.72. The number of alkyl halides is 2. The Morgan fingerprint density at radius 2 is 1.56 bits per heavy atom. The average molecular weight is 283 g/mol. The molecule has 0 heterocycles. The van der Waals surface area contributed by atoms with Gasteiger partial charge in [-0.3, -0.25) is 0 Å². The molecule has 0 spiro atoms. The van der Waals surface area contributed by atoms with Crippen LogP contribution in [0.3, 0.4) is 0 Å². The van der Waals surface area contributed by atoms with Crippen molar-refractivity contribution in [2.45, 2.75) is 64.9 Å². The molecular formula is C13H28Cl2Si. The van der Waals surface area contributed by atoms with Crippen LogP contribution in [0.2, 0.25) is 6.04 Å². The molecule has 3 heteroatoms. The van der Waals surface area contributed by atoms with Gasteiger partial charge in [0.1, 0.15) is 0 Å². The maximum absolute atomic E-state index is 5.83. The normalized spacial score (nSPS) is 16.3. The maximum atomic E-state index is 5.83. The largest absolute Gasteiger partial charge is 0.110 e. The molecule has 0 nitrogen and oxygen atoms in total. The Labute approximate surface area is 114 Å². The average Bonchev–Trinajstić information content (AvgIpc) is 1.94. The third-order valence-electron chi connectivity index (χ3n) is 2.79. The summed E-state index contributed by atoms with van der Waals surface area (Å²) in [5.41, 5.74) is 0.850. The summed E-state index contributed by atoms with van der Waals surface area (Å²) in [5.74, 6) is 0.768. The van der Waals surface area contributed by atoms with Gasteiger partial charge < -0.3 is 0 Å². The van der Waals surface area contributed by atoms with E-state index in [1.165, 1.54) is 18.9 Å². The molecule has 0 rings (SSSR count). The van der Waals surface area contributed by atoms with Crippen molar-refractivity contribution < 1.29 is 0 Å². The maximum Gasteiger partial charge on any atom is 0.0908 e. The molecular weight excluding hydrogens is 255 g/mol. The van der Waals surface area contributed by atoms with Gasteiger partial charge in [0.15, 0.2) is 0 Å². The molecule has 0 aromatic heterocycles. The minimum atomic E-state index is -0.281. The highest BCUT2D eigenvalue weighted by molar-refractivity contribution is 6.68. The standard InChI is InChI=1S/C13H28Cl2Si/c1-10(8-16-11(14)15)7-13(5,6)9-12(2,3)4/h10-11H,7-9,16H2,1-6H3. The van der Waals surface area contributed by atoms with Crippen molar-refractivity contribution in [3.63, 3.8) is 0 Å². The van der Waals surface area contributed by atoms with Gasteiger partial charge in [0, 0.05) is 0 Å². The highest BCUT2D eigenvalue weighted by Crippen LogP contribution is 2.38. The van der Waals surface area contributed by atoms with E-state index < -0.39 is 0 Å². The Morgan fingerprint density at radius 1 is 1.06 bits per heavy atom. The first-order chi connectivity index (χ1) is 7.02. The zero-order valence-electron chi connectivity index (χ0n) is 11.7. The molecule has 0 aromatic rings. The van der Waals surface area contributed by atoms with Crippen molar-refractivity contribution in [3.8, 4) is 0 Å². The van der Waals surface area contributed by atoms with Gasteiger partial charge in [-0.25, -0.2) is 0 Å². The van der Waals surface area contributed by atoms with Crippen molar-refractivity contribution in [1.82, 2.24) is 0 Å². The lowest BCUT2D eigenvalue weighted by Crippen LogP contribution is -2.23. The number of rotatable bonds is 6. The van der Waals surface area contributed by atoms with Crippen LogP contribution in [0.5, 0.6) is 0 Å². The smallest absolute Gasteiger partial charge is 0.0908 e. The van der Waals surface area contributed by atoms with Crippen LogP contribution in [-0.2, 0) is 0 Å². The Kier molecular flexibility index (Phi) is 6.99. The zero-order valence-corrected chi connectivity index (χ0v) is 14.7. The van der Waals surface area contributed by atoms with E-state index in [9.17, 15) is 0 Å². The summed E-state index contributed by atoms with van der Waals surface area (Å²) in [7, 11) is -0.281. The van der Waals surface area contributed by atoms with E-state index in [0.29, 0.717) is 10.8 Å². The Balaban J connectivity index is 4.05. The molecule has 1 unspecified atom stereocenters. The Hall–Kier alpha value is 0.797. The molecule has 0 aromatic carbocycles. The van der Waals surface area contributed by atoms with Crippen molar-refractivity contribution in [2.75, 3.05) is 0 Å². The molecule has 16 heavy (non-hydrogen) atoms. The SMILES string of the molecule is CC(C[SiH2]C(Cl)Cl)CC(C)(C)CC(C)(C)C. The van der Waals surface area contributed by atoms with Crippen molar-refractivity contribution >= 4 is 32.7 Å². The minimum absolute atomic E-state index is 0.0619. The first-order valence-electron chi connectivity index (χ1n) is 6.30. The fraction of sp³-hybridized carbons (Fsp3) is 1.00. The molecule has 0 radical (unpaired) electrons. The summed E-state index contributed by atoms with van der Waals surface area (Å²) < 4.78 is -0.0619. The number of hydrogen-bond donors (Lipinski definition) is 0. The minimum Gasteiger partial charge on any atom is -0.110 e. The molecule has 0 aliphatic carbocycles. The second-order valence-corrected chi connectivity index (χ2v) is 11.5. The van der Waals surface area contributed by atoms with Crippen LogP contribution in [0.25, 0.3) is 0 Å². The molecule has 0 N–H and O–H groups in total. The van der Waals surface area contributed by atoms with E-state index in [4.69, 9.17) is 23.2 Å². The van der Waals surface area contributed by atoms with E-state index in [1.54, 1.807) is 0 Å². The summed E-state index contributed by atoms with van der Waals surface area (Å²) in [4.78, 5) is 0. The van der Waals surface area contributed by atoms with Gasteiger partial charge in [0.05, 0.1) is 14.0 Å². The quantitative estimate of drug-likeness (QED) is 0.484. The summed E-state index contributed by atoms with van der Waals surface area (Å²) in [5, 5.41) is 0. The Bertz CT molecular complexity index is 195. The van der Waals surface area contributed by atoms with Gasteiger partial charge in [0.2, 0.25) is 0 Å². The predicted octanol–water partition coefficient (Wildman–Crippen LogP) is 4.82. The summed E-state index contributed by atoms with van der Waals surface area (Å²) in [6.45, 7) is 14.1. The zero-order chi connectivity index (χ0) is 13.0. The van der Waals surface area contributed by atoms with Crippen molar-refractivity contribution in [3.05, 3.63) is 0 Å². The molecule has 0 saturated carbocycles. The van der Waals surface area contributed by atoms with Crippen LogP contribution in [-0.4, -0.2) is 14.0 Å². The summed E-state index contributed by atoms with van der Waals surface area (Å²) in [6.07, 6.45) is 2.56. The van der Waals surface area contributed by atoms with Gasteiger partial charge >= 0.3 is 0 Å². The summed E-state index contributed by atoms with van der Waals surface area (Å²) >= 11 is 11.7. The molecule has 0 aliphatic heterocycles. The highest BCUT2D eigenvalue weighted by atomic mass is 35.5. The predicted molar refractivity (Wildman–Crippen MR) is 80.5 cm³/mol. The van der Waals surface area contributed by atoms with E-state index in [0.717, 1.165) is 5.92 Å². The molecule has 0 saturated heterocycles. The molecule has 98 valence electrons. The monoisotopic (exact) mass is 282 g/mol. The van der Waals surface area contributed by atoms with E-state index in [-0.39, 0.29) is 14.0 Å². The first-order valence-corrected chi connectivity index (χ1v) is 8.99. The van der Waals surface area contributed by atoms with E-state index >= 15 is 0 Å². The Morgan fingerprint density at radius 3 is 1.94 bits per heavy atom. The van der Waals surface area contributed by atoms with Gasteiger partial charge in [-0.15, -0.1) is 23.2 Å². The fourth-order valence-electron chi connectivity index (χ4n) is 2.96. The van der Waals surface area contributed by atoms with Gasteiger partial charge in [-0.05, 0) is 29.6 Å². The van der Waals surface area contributed by atoms with Crippen LogP contribution in [0, 0.1) is 16.7 Å². The molecule has 0 bridgehead atoms. The van der Waals surface area contributed by atoms with Crippen LogP contribution in [0.1, 0.15) is 54.4 Å². The third-order valence-corrected chi connectivity index (χ3v) is 5.85. The van der Waals surface area contributed by atoms with Crippen LogP contribution < -0.4 is 0 Å². The van der Waals surface area contributed by atoms with E-state index in [1.807, 2.05) is 0 Å². The van der Waals surface area contributed by atoms with Gasteiger partial charge in [-0.1, -0.05) is 47.6 Å². The third kappa shape index (κ3) is 9.98. The summed E-state index contributed by atoms with van der Waals surface area (Å²) in [6, 6.07) is 1.27. The lowest BCUT2D eigenvalue weighted by molar-refractivity contribution is 0.179. The van der Waals surface area contributed by atoms with Crippen molar-refractivity contribution in [1.29, 1.82) is 0 Å². The fourth-order valence-corrected chi connectivity index (χ4v) is 4.74. The molecule has 0 aliphatic rings. The van der Waals surface area contributed by atoms with Crippen LogP contribution >= 0.6 is 23.2 Å².